The number of thioether (sulfide) groups is 1. The number of hydrogen-bond acceptors (Lipinski definition) is 5. The third-order valence-corrected chi connectivity index (χ3v) is 4.65. The zero-order valence-electron chi connectivity index (χ0n) is 14.5. The first-order valence-corrected chi connectivity index (χ1v) is 9.04. The van der Waals surface area contributed by atoms with Crippen LogP contribution in [0.5, 0.6) is 0 Å². The average Bonchev–Trinajstić information content (AvgIpc) is 3.02. The number of nitrogens with one attached hydrogen (secondary N) is 1. The summed E-state index contributed by atoms with van der Waals surface area (Å²) in [5.41, 5.74) is 2.22. The molecule has 1 aromatic heterocycles. The van der Waals surface area contributed by atoms with Crippen molar-refractivity contribution in [1.82, 2.24) is 14.8 Å². The molecule has 0 saturated carbocycles. The summed E-state index contributed by atoms with van der Waals surface area (Å²) in [6.45, 7) is 3.38. The number of amides is 1. The maximum atomic E-state index is 12.2. The van der Waals surface area contributed by atoms with Gasteiger partial charge >= 0.3 is 0 Å². The number of aryl methyl sites for hydroxylation is 1. The van der Waals surface area contributed by atoms with E-state index in [1.807, 2.05) is 41.8 Å². The molecular formula is C19H18N4O2S. The molecule has 1 amide bonds. The topological polar surface area (TPSA) is 76.9 Å². The first kappa shape index (κ1) is 17.9. The molecule has 1 heterocycles. The van der Waals surface area contributed by atoms with E-state index in [9.17, 15) is 9.59 Å². The number of benzene rings is 2. The highest BCUT2D eigenvalue weighted by Crippen LogP contribution is 2.22. The maximum absolute atomic E-state index is 12.2. The van der Waals surface area contributed by atoms with Crippen LogP contribution >= 0.6 is 11.8 Å². The van der Waals surface area contributed by atoms with E-state index in [1.165, 1.54) is 18.7 Å². The minimum absolute atomic E-state index is 0.00551. The van der Waals surface area contributed by atoms with Crippen LogP contribution in [0.25, 0.3) is 5.69 Å². The molecule has 0 radical (unpaired) electrons. The molecule has 6 nitrogen and oxygen atoms in total. The minimum Gasteiger partial charge on any atom is -0.325 e. The maximum Gasteiger partial charge on any atom is 0.234 e. The largest absolute Gasteiger partial charge is 0.325 e. The van der Waals surface area contributed by atoms with Crippen molar-refractivity contribution < 1.29 is 9.59 Å². The van der Waals surface area contributed by atoms with Gasteiger partial charge in [-0.25, -0.2) is 0 Å². The molecule has 0 fully saturated rings. The van der Waals surface area contributed by atoms with Gasteiger partial charge in [0, 0.05) is 16.9 Å². The fourth-order valence-electron chi connectivity index (χ4n) is 2.43. The van der Waals surface area contributed by atoms with Gasteiger partial charge in [-0.3, -0.25) is 14.2 Å². The summed E-state index contributed by atoms with van der Waals surface area (Å²) in [5.74, 6) is 0.818. The van der Waals surface area contributed by atoms with Gasteiger partial charge < -0.3 is 5.32 Å². The molecule has 0 aliphatic heterocycles. The van der Waals surface area contributed by atoms with Crippen molar-refractivity contribution in [3.8, 4) is 5.69 Å². The van der Waals surface area contributed by atoms with Crippen molar-refractivity contribution in [1.29, 1.82) is 0 Å². The van der Waals surface area contributed by atoms with Crippen LogP contribution in [0.2, 0.25) is 0 Å². The van der Waals surface area contributed by atoms with Crippen LogP contribution in [0, 0.1) is 6.92 Å². The van der Waals surface area contributed by atoms with E-state index in [0.717, 1.165) is 11.5 Å². The molecule has 0 spiro atoms. The molecule has 26 heavy (non-hydrogen) atoms. The summed E-state index contributed by atoms with van der Waals surface area (Å²) in [6, 6.07) is 16.6. The number of anilines is 1. The van der Waals surface area contributed by atoms with Gasteiger partial charge in [-0.2, -0.15) is 0 Å². The molecule has 1 N–H and O–H groups in total. The summed E-state index contributed by atoms with van der Waals surface area (Å²) in [7, 11) is 0. The van der Waals surface area contributed by atoms with Crippen molar-refractivity contribution >= 4 is 29.1 Å². The Kier molecular flexibility index (Phi) is 5.48. The Balaban J connectivity index is 1.64. The van der Waals surface area contributed by atoms with E-state index in [1.54, 1.807) is 24.3 Å². The van der Waals surface area contributed by atoms with Gasteiger partial charge in [-0.05, 0) is 50.2 Å². The summed E-state index contributed by atoms with van der Waals surface area (Å²) >= 11 is 1.32. The molecule has 0 aliphatic rings. The second-order valence-electron chi connectivity index (χ2n) is 5.67. The van der Waals surface area contributed by atoms with Gasteiger partial charge in [0.25, 0.3) is 0 Å². The number of Topliss-reactive ketones (excluding diaryl/α,β-unsaturated/α-hetero) is 1. The minimum atomic E-state index is -0.147. The lowest BCUT2D eigenvalue weighted by Crippen LogP contribution is -2.14. The molecule has 7 heteroatoms. The molecule has 3 rings (SSSR count). The summed E-state index contributed by atoms with van der Waals surface area (Å²) < 4.78 is 1.92. The quantitative estimate of drug-likeness (QED) is 0.534. The van der Waals surface area contributed by atoms with Crippen LogP contribution in [0.4, 0.5) is 5.69 Å². The first-order valence-electron chi connectivity index (χ1n) is 8.05. The molecular weight excluding hydrogens is 348 g/mol. The fourth-order valence-corrected chi connectivity index (χ4v) is 3.22. The van der Waals surface area contributed by atoms with E-state index in [4.69, 9.17) is 0 Å². The molecule has 0 atom stereocenters. The summed E-state index contributed by atoms with van der Waals surface area (Å²) in [4.78, 5) is 23.5. The number of para-hydroxylation sites is 1. The van der Waals surface area contributed by atoms with Crippen molar-refractivity contribution in [2.75, 3.05) is 11.1 Å². The average molecular weight is 366 g/mol. The second-order valence-corrected chi connectivity index (χ2v) is 6.61. The van der Waals surface area contributed by atoms with E-state index >= 15 is 0 Å². The monoisotopic (exact) mass is 366 g/mol. The van der Waals surface area contributed by atoms with Crippen LogP contribution in [0.1, 0.15) is 23.1 Å². The Bertz CT molecular complexity index is 920. The second kappa shape index (κ2) is 7.97. The molecule has 0 bridgehead atoms. The number of carbonyl (C=O) groups excluding carboxylic acids is 2. The van der Waals surface area contributed by atoms with Crippen LogP contribution in [-0.4, -0.2) is 32.2 Å². The molecule has 0 unspecified atom stereocenters. The number of rotatable bonds is 6. The van der Waals surface area contributed by atoms with Gasteiger partial charge in [-0.15, -0.1) is 10.2 Å². The zero-order chi connectivity index (χ0) is 18.5. The van der Waals surface area contributed by atoms with Crippen molar-refractivity contribution in [2.45, 2.75) is 19.0 Å². The van der Waals surface area contributed by atoms with Gasteiger partial charge in [0.1, 0.15) is 5.82 Å². The van der Waals surface area contributed by atoms with Crippen LogP contribution in [0.3, 0.4) is 0 Å². The number of aromatic nitrogens is 3. The molecule has 0 saturated heterocycles. The Morgan fingerprint density at radius 1 is 1.04 bits per heavy atom. The Labute approximate surface area is 155 Å². The van der Waals surface area contributed by atoms with Crippen molar-refractivity contribution in [2.24, 2.45) is 0 Å². The zero-order valence-corrected chi connectivity index (χ0v) is 15.3. The van der Waals surface area contributed by atoms with Crippen molar-refractivity contribution in [3.05, 3.63) is 66.0 Å². The molecule has 3 aromatic rings. The Morgan fingerprint density at radius 3 is 2.38 bits per heavy atom. The number of hydrogen-bond donors (Lipinski definition) is 1. The first-order chi connectivity index (χ1) is 12.5. The third-order valence-electron chi connectivity index (χ3n) is 3.72. The highest BCUT2D eigenvalue weighted by Gasteiger charge is 2.13. The number of nitrogens with zero attached hydrogens (tertiary/aromatic N) is 3. The Hall–Kier alpha value is -2.93. The van der Waals surface area contributed by atoms with Crippen LogP contribution < -0.4 is 5.32 Å². The van der Waals surface area contributed by atoms with E-state index in [0.29, 0.717) is 16.4 Å². The fraction of sp³-hybridized carbons (Fsp3) is 0.158. The van der Waals surface area contributed by atoms with E-state index in [-0.39, 0.29) is 17.4 Å². The highest BCUT2D eigenvalue weighted by atomic mass is 32.2. The van der Waals surface area contributed by atoms with Gasteiger partial charge in [-0.1, -0.05) is 30.0 Å². The van der Waals surface area contributed by atoms with E-state index in [2.05, 4.69) is 15.5 Å². The number of ketones is 1. The van der Waals surface area contributed by atoms with Gasteiger partial charge in [0.2, 0.25) is 5.91 Å². The lowest BCUT2D eigenvalue weighted by Gasteiger charge is -2.08. The Morgan fingerprint density at radius 2 is 1.73 bits per heavy atom. The lowest BCUT2D eigenvalue weighted by molar-refractivity contribution is -0.113. The lowest BCUT2D eigenvalue weighted by atomic mass is 10.1. The molecule has 0 aliphatic carbocycles. The van der Waals surface area contributed by atoms with Gasteiger partial charge in [0.15, 0.2) is 10.9 Å². The number of carbonyl (C=O) groups is 2. The standard InChI is InChI=1S/C19H18N4O2S/c1-13(24)15-8-10-16(11-9-15)20-18(25)12-26-19-22-21-14(2)23(19)17-6-4-3-5-7-17/h3-11H,12H2,1-2H3,(H,20,25). The molecule has 132 valence electrons. The van der Waals surface area contributed by atoms with Crippen molar-refractivity contribution in [3.63, 3.8) is 0 Å². The van der Waals surface area contributed by atoms with Gasteiger partial charge in [0.05, 0.1) is 5.75 Å². The summed E-state index contributed by atoms with van der Waals surface area (Å²) in [5, 5.41) is 11.7. The van der Waals surface area contributed by atoms with Crippen LogP contribution in [0.15, 0.2) is 59.8 Å². The highest BCUT2D eigenvalue weighted by molar-refractivity contribution is 7.99. The third kappa shape index (κ3) is 4.18. The SMILES string of the molecule is CC(=O)c1ccc(NC(=O)CSc2nnc(C)n2-c2ccccc2)cc1. The predicted octanol–water partition coefficient (Wildman–Crippen LogP) is 3.51. The van der Waals surface area contributed by atoms with E-state index < -0.39 is 0 Å². The van der Waals surface area contributed by atoms with Crippen LogP contribution in [-0.2, 0) is 4.79 Å². The molecule has 2 aromatic carbocycles. The predicted molar refractivity (Wildman–Crippen MR) is 102 cm³/mol. The normalized spacial score (nSPS) is 10.5. The smallest absolute Gasteiger partial charge is 0.234 e. The summed E-state index contributed by atoms with van der Waals surface area (Å²) in [6.07, 6.45) is 0.